The third-order valence-electron chi connectivity index (χ3n) is 6.33. The van der Waals surface area contributed by atoms with E-state index in [0.717, 1.165) is 56.2 Å². The molecular weight excluding hydrogens is 483 g/mol. The third kappa shape index (κ3) is 5.31. The number of aromatic nitrogens is 5. The molecule has 12 heteroatoms. The van der Waals surface area contributed by atoms with Crippen LogP contribution in [0.2, 0.25) is 0 Å². The Balaban J connectivity index is 1.35. The fraction of sp³-hybridized carbons (Fsp3) is 0.320. The number of hydrogen-bond acceptors (Lipinski definition) is 8. The number of nitrogens with one attached hydrogen (secondary N) is 2. The summed E-state index contributed by atoms with van der Waals surface area (Å²) >= 11 is 0. The van der Waals surface area contributed by atoms with Crippen LogP contribution in [0, 0.1) is 11.3 Å². The Hall–Kier alpha value is -4.24. The van der Waals surface area contributed by atoms with Gasteiger partial charge in [-0.2, -0.15) is 18.4 Å². The summed E-state index contributed by atoms with van der Waals surface area (Å²) < 4.78 is 39.7. The quantitative estimate of drug-likeness (QED) is 0.416. The first-order valence-corrected chi connectivity index (χ1v) is 11.8. The monoisotopic (exact) mass is 507 g/mol. The molecule has 1 aliphatic heterocycles. The summed E-state index contributed by atoms with van der Waals surface area (Å²) in [4.78, 5) is 24.6. The number of alkyl halides is 3. The number of H-pyrrole nitrogens is 1. The fourth-order valence-corrected chi connectivity index (χ4v) is 4.27. The van der Waals surface area contributed by atoms with Crippen LogP contribution in [0.1, 0.15) is 23.1 Å². The summed E-state index contributed by atoms with van der Waals surface area (Å²) in [7, 11) is 2.12. The maximum absolute atomic E-state index is 13.2. The molecule has 0 atom stereocenters. The van der Waals surface area contributed by atoms with Crippen molar-refractivity contribution in [1.82, 2.24) is 29.8 Å². The minimum atomic E-state index is -4.54. The first kappa shape index (κ1) is 24.5. The molecule has 5 rings (SSSR count). The standard InChI is InChI=1S/C25H24F3N9/c1-36-5-2-6-37(8-7-36)21-4-3-16(11-30-21)12-33-24-34-13-17(10-29)22(35-24)20-15-32-23-19(20)9-18(14-31-23)25(26,27)28/h3-4,9,11,13-15H,2,5-8,12H2,1H3,(H,31,32)(H,33,34,35). The van der Waals surface area contributed by atoms with Gasteiger partial charge in [-0.15, -0.1) is 0 Å². The van der Waals surface area contributed by atoms with Crippen LogP contribution in [0.15, 0.2) is 43.0 Å². The lowest BCUT2D eigenvalue weighted by Crippen LogP contribution is -2.29. The average Bonchev–Trinajstić information content (AvgIpc) is 3.20. The highest BCUT2D eigenvalue weighted by Gasteiger charge is 2.31. The summed E-state index contributed by atoms with van der Waals surface area (Å²) in [5.74, 6) is 1.17. The van der Waals surface area contributed by atoms with Gasteiger partial charge < -0.3 is 20.1 Å². The van der Waals surface area contributed by atoms with Crippen molar-refractivity contribution in [2.24, 2.45) is 0 Å². The number of fused-ring (bicyclic) bond motifs is 1. The molecule has 0 unspecified atom stereocenters. The van der Waals surface area contributed by atoms with Crippen molar-refractivity contribution < 1.29 is 13.2 Å². The minimum absolute atomic E-state index is 0.137. The van der Waals surface area contributed by atoms with Crippen LogP contribution in [0.5, 0.6) is 0 Å². The highest BCUT2D eigenvalue weighted by molar-refractivity contribution is 5.94. The van der Waals surface area contributed by atoms with E-state index in [1.54, 1.807) is 6.20 Å². The van der Waals surface area contributed by atoms with E-state index in [4.69, 9.17) is 0 Å². The van der Waals surface area contributed by atoms with Gasteiger partial charge in [0.25, 0.3) is 0 Å². The van der Waals surface area contributed by atoms with E-state index in [0.29, 0.717) is 12.1 Å². The molecular formula is C25H24F3N9. The zero-order valence-corrected chi connectivity index (χ0v) is 20.0. The molecule has 5 heterocycles. The average molecular weight is 508 g/mol. The van der Waals surface area contributed by atoms with Crippen LogP contribution in [-0.4, -0.2) is 63.0 Å². The van der Waals surface area contributed by atoms with E-state index in [2.05, 4.69) is 47.1 Å². The Bertz CT molecular complexity index is 1440. The maximum atomic E-state index is 13.2. The topological polar surface area (TPSA) is 110 Å². The molecule has 0 aromatic carbocycles. The highest BCUT2D eigenvalue weighted by atomic mass is 19.4. The predicted octanol–water partition coefficient (Wildman–Crippen LogP) is 4.06. The van der Waals surface area contributed by atoms with Crippen molar-refractivity contribution in [3.63, 3.8) is 0 Å². The van der Waals surface area contributed by atoms with E-state index in [1.165, 1.54) is 12.4 Å². The zero-order valence-electron chi connectivity index (χ0n) is 20.0. The van der Waals surface area contributed by atoms with Crippen molar-refractivity contribution in [2.45, 2.75) is 19.1 Å². The Kier molecular flexibility index (Phi) is 6.62. The first-order chi connectivity index (χ1) is 17.8. The number of nitriles is 1. The van der Waals surface area contributed by atoms with Gasteiger partial charge in [0.15, 0.2) is 0 Å². The lowest BCUT2D eigenvalue weighted by molar-refractivity contribution is -0.137. The third-order valence-corrected chi connectivity index (χ3v) is 6.33. The molecule has 37 heavy (non-hydrogen) atoms. The number of anilines is 2. The smallest absolute Gasteiger partial charge is 0.355 e. The number of hydrogen-bond donors (Lipinski definition) is 2. The van der Waals surface area contributed by atoms with Crippen molar-refractivity contribution in [3.05, 3.63) is 59.7 Å². The molecule has 9 nitrogen and oxygen atoms in total. The molecule has 190 valence electrons. The van der Waals surface area contributed by atoms with E-state index in [-0.39, 0.29) is 28.2 Å². The second-order valence-corrected chi connectivity index (χ2v) is 8.91. The number of halogens is 3. The van der Waals surface area contributed by atoms with Gasteiger partial charge in [-0.3, -0.25) is 0 Å². The van der Waals surface area contributed by atoms with Gasteiger partial charge in [0.05, 0.1) is 23.0 Å². The van der Waals surface area contributed by atoms with Crippen molar-refractivity contribution in [1.29, 1.82) is 5.26 Å². The zero-order chi connectivity index (χ0) is 26.0. The van der Waals surface area contributed by atoms with Gasteiger partial charge in [-0.05, 0) is 37.7 Å². The van der Waals surface area contributed by atoms with Gasteiger partial charge in [-0.25, -0.2) is 19.9 Å². The van der Waals surface area contributed by atoms with Crippen LogP contribution in [0.3, 0.4) is 0 Å². The Morgan fingerprint density at radius 1 is 1.08 bits per heavy atom. The summed E-state index contributed by atoms with van der Waals surface area (Å²) in [6.07, 6.45) is 1.95. The van der Waals surface area contributed by atoms with E-state index in [9.17, 15) is 18.4 Å². The number of rotatable bonds is 5. The van der Waals surface area contributed by atoms with Crippen molar-refractivity contribution in [3.8, 4) is 17.3 Å². The van der Waals surface area contributed by atoms with E-state index in [1.807, 2.05) is 18.2 Å². The van der Waals surface area contributed by atoms with Gasteiger partial charge in [0.1, 0.15) is 17.5 Å². The number of pyridine rings is 2. The molecule has 1 aliphatic rings. The maximum Gasteiger partial charge on any atom is 0.417 e. The van der Waals surface area contributed by atoms with Gasteiger partial charge >= 0.3 is 6.18 Å². The highest BCUT2D eigenvalue weighted by Crippen LogP contribution is 2.34. The van der Waals surface area contributed by atoms with Crippen molar-refractivity contribution in [2.75, 3.05) is 43.4 Å². The van der Waals surface area contributed by atoms with Crippen LogP contribution in [0.25, 0.3) is 22.3 Å². The molecule has 1 saturated heterocycles. The predicted molar refractivity (Wildman–Crippen MR) is 133 cm³/mol. The number of aromatic amines is 1. The molecule has 4 aromatic rings. The summed E-state index contributed by atoms with van der Waals surface area (Å²) in [5, 5.41) is 12.9. The Morgan fingerprint density at radius 3 is 2.70 bits per heavy atom. The van der Waals surface area contributed by atoms with E-state index >= 15 is 0 Å². The molecule has 0 radical (unpaired) electrons. The van der Waals surface area contributed by atoms with Crippen molar-refractivity contribution >= 4 is 22.8 Å². The second kappa shape index (κ2) is 10.0. The van der Waals surface area contributed by atoms with Crippen LogP contribution >= 0.6 is 0 Å². The molecule has 2 N–H and O–H groups in total. The molecule has 0 saturated carbocycles. The summed E-state index contributed by atoms with van der Waals surface area (Å²) in [5.41, 5.74) is 0.989. The van der Waals surface area contributed by atoms with Gasteiger partial charge in [0.2, 0.25) is 5.95 Å². The van der Waals surface area contributed by atoms with Gasteiger partial charge in [0, 0.05) is 55.7 Å². The van der Waals surface area contributed by atoms with Crippen LogP contribution < -0.4 is 10.2 Å². The molecule has 0 amide bonds. The van der Waals surface area contributed by atoms with Gasteiger partial charge in [-0.1, -0.05) is 6.07 Å². The normalized spacial score (nSPS) is 14.9. The largest absolute Gasteiger partial charge is 0.417 e. The molecule has 0 spiro atoms. The molecule has 4 aromatic heterocycles. The van der Waals surface area contributed by atoms with E-state index < -0.39 is 11.7 Å². The Labute approximate surface area is 211 Å². The first-order valence-electron chi connectivity index (χ1n) is 11.8. The number of nitrogens with zero attached hydrogens (tertiary/aromatic N) is 7. The summed E-state index contributed by atoms with van der Waals surface area (Å²) in [6, 6.07) is 6.99. The fourth-order valence-electron chi connectivity index (χ4n) is 4.27. The minimum Gasteiger partial charge on any atom is -0.355 e. The molecule has 0 bridgehead atoms. The second-order valence-electron chi connectivity index (χ2n) is 8.91. The summed E-state index contributed by atoms with van der Waals surface area (Å²) in [6.45, 7) is 4.34. The molecule has 0 aliphatic carbocycles. The SMILES string of the molecule is CN1CCCN(c2ccc(CNc3ncc(C#N)c(-c4c[nH]c5ncc(C(F)(F)F)cc45)n3)cn2)CC1. The number of likely N-dealkylation sites (N-methyl/N-ethyl adjacent to an activating group) is 1. The molecule has 1 fully saturated rings. The lowest BCUT2D eigenvalue weighted by atomic mass is 10.1. The Morgan fingerprint density at radius 2 is 1.95 bits per heavy atom. The lowest BCUT2D eigenvalue weighted by Gasteiger charge is -2.21. The van der Waals surface area contributed by atoms with Crippen LogP contribution in [-0.2, 0) is 12.7 Å². The van der Waals surface area contributed by atoms with Crippen LogP contribution in [0.4, 0.5) is 24.9 Å².